The number of rotatable bonds is 5. The van der Waals surface area contributed by atoms with E-state index < -0.39 is 0 Å². The Morgan fingerprint density at radius 1 is 1.31 bits per heavy atom. The van der Waals surface area contributed by atoms with E-state index in [1.54, 1.807) is 16.1 Å². The van der Waals surface area contributed by atoms with Gasteiger partial charge in [-0.1, -0.05) is 29.8 Å². The molecule has 26 heavy (non-hydrogen) atoms. The number of amides is 1. The number of aromatic nitrogens is 4. The Labute approximate surface area is 160 Å². The molecule has 0 unspecified atom stereocenters. The van der Waals surface area contributed by atoms with Crippen LogP contribution in [0.5, 0.6) is 0 Å². The number of tetrazole rings is 1. The molecule has 1 saturated heterocycles. The first kappa shape index (κ1) is 17.2. The van der Waals surface area contributed by atoms with Gasteiger partial charge in [0.1, 0.15) is 0 Å². The van der Waals surface area contributed by atoms with E-state index in [-0.39, 0.29) is 11.9 Å². The lowest BCUT2D eigenvalue weighted by Gasteiger charge is -2.24. The van der Waals surface area contributed by atoms with Crippen LogP contribution in [-0.4, -0.2) is 43.6 Å². The molecular formula is C18H18ClN5OS. The largest absolute Gasteiger partial charge is 0.337 e. The summed E-state index contributed by atoms with van der Waals surface area (Å²) in [7, 11) is 0. The Kier molecular flexibility index (Phi) is 4.99. The number of carbonyl (C=O) groups excluding carboxylic acids is 1. The highest BCUT2D eigenvalue weighted by atomic mass is 35.5. The molecule has 3 heterocycles. The molecule has 0 N–H and O–H groups in total. The van der Waals surface area contributed by atoms with E-state index in [0.717, 1.165) is 29.8 Å². The maximum absolute atomic E-state index is 12.7. The fourth-order valence-corrected chi connectivity index (χ4v) is 4.15. The molecule has 0 spiro atoms. The van der Waals surface area contributed by atoms with Crippen LogP contribution in [0.25, 0.3) is 10.7 Å². The van der Waals surface area contributed by atoms with E-state index in [1.807, 2.05) is 46.7 Å². The van der Waals surface area contributed by atoms with Gasteiger partial charge in [0, 0.05) is 11.6 Å². The third kappa shape index (κ3) is 3.78. The molecule has 4 rings (SSSR count). The maximum atomic E-state index is 12.7. The summed E-state index contributed by atoms with van der Waals surface area (Å²) in [6.45, 7) is 1.34. The third-order valence-corrected chi connectivity index (χ3v) is 5.61. The standard InChI is InChI=1S/C18H18ClN5OS/c19-14-5-1-4-13(10-14)11-17(25)23-8-2-6-15(23)12-24-21-18(20-22-24)16-7-3-9-26-16/h1,3-5,7,9-10,15H,2,6,8,11-12H2/t15-/m0/s1. The van der Waals surface area contributed by atoms with Gasteiger partial charge < -0.3 is 4.90 Å². The smallest absolute Gasteiger partial charge is 0.227 e. The van der Waals surface area contributed by atoms with Crippen LogP contribution in [0.15, 0.2) is 41.8 Å². The second-order valence-corrected chi connectivity index (χ2v) is 7.72. The molecule has 0 bridgehead atoms. The van der Waals surface area contributed by atoms with Gasteiger partial charge in [-0.05, 0) is 47.2 Å². The summed E-state index contributed by atoms with van der Waals surface area (Å²) in [5.74, 6) is 0.753. The van der Waals surface area contributed by atoms with Crippen molar-refractivity contribution >= 4 is 28.8 Å². The zero-order chi connectivity index (χ0) is 17.9. The van der Waals surface area contributed by atoms with Crippen LogP contribution in [0.2, 0.25) is 5.02 Å². The minimum absolute atomic E-state index is 0.104. The quantitative estimate of drug-likeness (QED) is 0.673. The Bertz CT molecular complexity index is 895. The number of carbonyl (C=O) groups is 1. The normalized spacial score (nSPS) is 17.0. The molecule has 6 nitrogen and oxygen atoms in total. The molecule has 1 aliphatic rings. The average Bonchev–Trinajstić information content (AvgIpc) is 3.37. The number of halogens is 1. The van der Waals surface area contributed by atoms with Gasteiger partial charge in [-0.3, -0.25) is 4.79 Å². The van der Waals surface area contributed by atoms with Gasteiger partial charge in [-0.2, -0.15) is 4.80 Å². The van der Waals surface area contributed by atoms with Crippen LogP contribution in [0, 0.1) is 0 Å². The molecule has 3 aromatic rings. The molecule has 134 valence electrons. The molecular weight excluding hydrogens is 370 g/mol. The van der Waals surface area contributed by atoms with Gasteiger partial charge >= 0.3 is 0 Å². The summed E-state index contributed by atoms with van der Waals surface area (Å²) in [5, 5.41) is 15.4. The average molecular weight is 388 g/mol. The lowest BCUT2D eigenvalue weighted by atomic mass is 10.1. The van der Waals surface area contributed by atoms with Gasteiger partial charge in [0.2, 0.25) is 11.7 Å². The molecule has 1 amide bonds. The van der Waals surface area contributed by atoms with Crippen molar-refractivity contribution in [3.05, 3.63) is 52.4 Å². The third-order valence-electron chi connectivity index (χ3n) is 4.51. The maximum Gasteiger partial charge on any atom is 0.227 e. The lowest BCUT2D eigenvalue weighted by molar-refractivity contribution is -0.131. The van der Waals surface area contributed by atoms with E-state index in [9.17, 15) is 4.79 Å². The summed E-state index contributed by atoms with van der Waals surface area (Å²) in [5.41, 5.74) is 0.937. The zero-order valence-electron chi connectivity index (χ0n) is 14.1. The van der Waals surface area contributed by atoms with Crippen molar-refractivity contribution in [2.75, 3.05) is 6.54 Å². The second kappa shape index (κ2) is 7.55. The molecule has 0 aliphatic carbocycles. The fourth-order valence-electron chi connectivity index (χ4n) is 3.29. The van der Waals surface area contributed by atoms with Crippen LogP contribution >= 0.6 is 22.9 Å². The van der Waals surface area contributed by atoms with Crippen LogP contribution in [-0.2, 0) is 17.8 Å². The van der Waals surface area contributed by atoms with Crippen LogP contribution in [0.3, 0.4) is 0 Å². The lowest BCUT2D eigenvalue weighted by Crippen LogP contribution is -2.39. The molecule has 8 heteroatoms. The Balaban J connectivity index is 1.42. The molecule has 2 aromatic heterocycles. The SMILES string of the molecule is O=C(Cc1cccc(Cl)c1)N1CCC[C@H]1Cn1nnc(-c2cccs2)n1. The molecule has 0 saturated carbocycles. The van der Waals surface area contributed by atoms with Crippen molar-refractivity contribution in [3.8, 4) is 10.7 Å². The van der Waals surface area contributed by atoms with E-state index in [2.05, 4.69) is 15.4 Å². The number of benzene rings is 1. The summed E-state index contributed by atoms with van der Waals surface area (Å²) >= 11 is 7.60. The molecule has 1 fully saturated rings. The number of hydrogen-bond acceptors (Lipinski definition) is 5. The predicted molar refractivity (Wildman–Crippen MR) is 101 cm³/mol. The number of nitrogens with zero attached hydrogens (tertiary/aromatic N) is 5. The predicted octanol–water partition coefficient (Wildman–Crippen LogP) is 3.29. The van der Waals surface area contributed by atoms with Gasteiger partial charge in [0.15, 0.2) is 0 Å². The van der Waals surface area contributed by atoms with Crippen molar-refractivity contribution in [2.45, 2.75) is 31.8 Å². The molecule has 1 aromatic carbocycles. The van der Waals surface area contributed by atoms with Crippen molar-refractivity contribution in [1.29, 1.82) is 0 Å². The molecule has 1 aliphatic heterocycles. The highest BCUT2D eigenvalue weighted by Crippen LogP contribution is 2.22. The van der Waals surface area contributed by atoms with Crippen molar-refractivity contribution in [2.24, 2.45) is 0 Å². The zero-order valence-corrected chi connectivity index (χ0v) is 15.7. The van der Waals surface area contributed by atoms with Crippen LogP contribution < -0.4 is 0 Å². The minimum Gasteiger partial charge on any atom is -0.337 e. The first-order valence-electron chi connectivity index (χ1n) is 8.54. The topological polar surface area (TPSA) is 63.9 Å². The van der Waals surface area contributed by atoms with Gasteiger partial charge in [-0.15, -0.1) is 21.5 Å². The summed E-state index contributed by atoms with van der Waals surface area (Å²) in [4.78, 5) is 17.3. The van der Waals surface area contributed by atoms with Gasteiger partial charge in [0.25, 0.3) is 0 Å². The summed E-state index contributed by atoms with van der Waals surface area (Å²) < 4.78 is 0. The fraction of sp³-hybridized carbons (Fsp3) is 0.333. The van der Waals surface area contributed by atoms with Crippen molar-refractivity contribution in [3.63, 3.8) is 0 Å². The van der Waals surface area contributed by atoms with Crippen molar-refractivity contribution in [1.82, 2.24) is 25.1 Å². The van der Waals surface area contributed by atoms with Gasteiger partial charge in [-0.25, -0.2) is 0 Å². The van der Waals surface area contributed by atoms with E-state index in [4.69, 9.17) is 11.6 Å². The van der Waals surface area contributed by atoms with E-state index >= 15 is 0 Å². The van der Waals surface area contributed by atoms with Crippen molar-refractivity contribution < 1.29 is 4.79 Å². The molecule has 0 radical (unpaired) electrons. The monoisotopic (exact) mass is 387 g/mol. The highest BCUT2D eigenvalue weighted by molar-refractivity contribution is 7.13. The molecule has 1 atom stereocenters. The minimum atomic E-state index is 0.104. The highest BCUT2D eigenvalue weighted by Gasteiger charge is 2.29. The summed E-state index contributed by atoms with van der Waals surface area (Å²) in [6, 6.07) is 11.5. The Hall–Kier alpha value is -2.25. The number of hydrogen-bond donors (Lipinski definition) is 0. The Morgan fingerprint density at radius 3 is 3.04 bits per heavy atom. The van der Waals surface area contributed by atoms with Crippen LogP contribution in [0.1, 0.15) is 18.4 Å². The first-order valence-corrected chi connectivity index (χ1v) is 9.80. The van der Waals surface area contributed by atoms with E-state index in [1.165, 1.54) is 0 Å². The van der Waals surface area contributed by atoms with Crippen LogP contribution in [0.4, 0.5) is 0 Å². The number of likely N-dealkylation sites (tertiary alicyclic amines) is 1. The summed E-state index contributed by atoms with van der Waals surface area (Å²) in [6.07, 6.45) is 2.32. The second-order valence-electron chi connectivity index (χ2n) is 6.34. The Morgan fingerprint density at radius 2 is 2.23 bits per heavy atom. The number of thiophene rings is 1. The van der Waals surface area contributed by atoms with E-state index in [0.29, 0.717) is 23.8 Å². The first-order chi connectivity index (χ1) is 12.7. The van der Waals surface area contributed by atoms with Gasteiger partial charge in [0.05, 0.1) is 23.9 Å².